The number of carbonyl (C=O) groups is 2. The highest BCUT2D eigenvalue weighted by atomic mass is 32.2. The fraction of sp³-hybridized carbons (Fsp3) is 0.0667. The van der Waals surface area contributed by atoms with Gasteiger partial charge >= 0.3 is 0 Å². The number of Topliss-reactive ketones (excluding diaryl/α,β-unsaturated/α-hetero) is 1. The molecule has 0 radical (unpaired) electrons. The zero-order chi connectivity index (χ0) is 14.0. The Hall–Kier alpha value is -1.95. The lowest BCUT2D eigenvalue weighted by Crippen LogP contribution is -2.41. The van der Waals surface area contributed by atoms with Gasteiger partial charge in [0.1, 0.15) is 12.0 Å². The van der Waals surface area contributed by atoms with E-state index in [-0.39, 0.29) is 0 Å². The molecular weight excluding hydrogens is 276 g/mol. The summed E-state index contributed by atoms with van der Waals surface area (Å²) in [7, 11) is 0. The predicted octanol–water partition coefficient (Wildman–Crippen LogP) is 2.90. The van der Waals surface area contributed by atoms with E-state index in [1.165, 1.54) is 0 Å². The van der Waals surface area contributed by atoms with Crippen molar-refractivity contribution in [3.05, 3.63) is 71.8 Å². The molecule has 1 atom stereocenters. The summed E-state index contributed by atoms with van der Waals surface area (Å²) in [6.07, 6.45) is 0. The topological polar surface area (TPSA) is 52.6 Å². The van der Waals surface area contributed by atoms with Crippen LogP contribution in [0.3, 0.4) is 0 Å². The van der Waals surface area contributed by atoms with Crippen molar-refractivity contribution in [3.63, 3.8) is 0 Å². The van der Waals surface area contributed by atoms with Crippen LogP contribution in [0.4, 0.5) is 0 Å². The fourth-order valence-electron chi connectivity index (χ4n) is 2.08. The van der Waals surface area contributed by atoms with Gasteiger partial charge in [0.2, 0.25) is 5.78 Å². The number of hydrogen-bond donors (Lipinski definition) is 0. The Kier molecular flexibility index (Phi) is 3.40. The van der Waals surface area contributed by atoms with Crippen LogP contribution in [-0.2, 0) is 19.6 Å². The molecule has 0 amide bonds. The maximum Gasteiger partial charge on any atom is 0.266 e. The highest BCUT2D eigenvalue weighted by Gasteiger charge is 2.55. The molecule has 20 heavy (non-hydrogen) atoms. The van der Waals surface area contributed by atoms with Gasteiger partial charge < -0.3 is 0 Å². The Morgan fingerprint density at radius 2 is 1.55 bits per heavy atom. The first-order valence-corrected chi connectivity index (χ1v) is 6.71. The van der Waals surface area contributed by atoms with E-state index in [4.69, 9.17) is 9.22 Å². The quantitative estimate of drug-likeness (QED) is 0.376. The maximum absolute atomic E-state index is 12.7. The third-order valence-corrected chi connectivity index (χ3v) is 3.67. The number of ketones is 1. The highest BCUT2D eigenvalue weighted by molar-refractivity contribution is 8.10. The molecule has 1 unspecified atom stereocenters. The molecule has 100 valence electrons. The lowest BCUT2D eigenvalue weighted by Gasteiger charge is -2.21. The summed E-state index contributed by atoms with van der Waals surface area (Å²) in [6.45, 7) is 0. The van der Waals surface area contributed by atoms with E-state index in [0.717, 1.165) is 0 Å². The normalized spacial score (nSPS) is 21.9. The van der Waals surface area contributed by atoms with Gasteiger partial charge in [0.05, 0.1) is 0 Å². The van der Waals surface area contributed by atoms with Crippen LogP contribution in [0, 0.1) is 0 Å². The largest absolute Gasteiger partial charge is 0.290 e. The number of benzene rings is 2. The van der Waals surface area contributed by atoms with Crippen LogP contribution in [0.2, 0.25) is 0 Å². The molecule has 0 bridgehead atoms. The minimum Gasteiger partial charge on any atom is -0.290 e. The lowest BCUT2D eigenvalue weighted by molar-refractivity contribution is -0.238. The van der Waals surface area contributed by atoms with Crippen molar-refractivity contribution in [2.24, 2.45) is 0 Å². The summed E-state index contributed by atoms with van der Waals surface area (Å²) in [5.74, 6) is -0.431. The molecule has 1 saturated heterocycles. The van der Waals surface area contributed by atoms with Crippen LogP contribution < -0.4 is 0 Å². The molecule has 2 aromatic rings. The summed E-state index contributed by atoms with van der Waals surface area (Å²) >= 11 is 0.540. The summed E-state index contributed by atoms with van der Waals surface area (Å²) in [5, 5.41) is -0.474. The van der Waals surface area contributed by atoms with Crippen LogP contribution in [-0.4, -0.2) is 10.9 Å². The first-order valence-electron chi connectivity index (χ1n) is 5.97. The zero-order valence-corrected chi connectivity index (χ0v) is 11.1. The Morgan fingerprint density at radius 1 is 0.950 bits per heavy atom. The second-order valence-electron chi connectivity index (χ2n) is 4.26. The number of hydrogen-bond acceptors (Lipinski definition) is 5. The smallest absolute Gasteiger partial charge is 0.266 e. The highest BCUT2D eigenvalue weighted by Crippen LogP contribution is 2.41. The van der Waals surface area contributed by atoms with Crippen molar-refractivity contribution >= 4 is 22.9 Å². The SMILES string of the molecule is O=C1SOOC1(C(=O)c1ccccc1)c1ccccc1. The van der Waals surface area contributed by atoms with E-state index in [2.05, 4.69) is 0 Å². The van der Waals surface area contributed by atoms with Crippen molar-refractivity contribution in [1.29, 1.82) is 0 Å². The number of carbonyl (C=O) groups excluding carboxylic acids is 2. The molecule has 1 aliphatic heterocycles. The average molecular weight is 286 g/mol. The molecule has 0 N–H and O–H groups in total. The van der Waals surface area contributed by atoms with Crippen molar-refractivity contribution in [3.8, 4) is 0 Å². The zero-order valence-electron chi connectivity index (χ0n) is 10.3. The Balaban J connectivity index is 2.13. The second-order valence-corrected chi connectivity index (χ2v) is 4.94. The van der Waals surface area contributed by atoms with E-state index in [1.54, 1.807) is 60.7 Å². The van der Waals surface area contributed by atoms with Crippen molar-refractivity contribution in [2.75, 3.05) is 0 Å². The molecule has 0 spiro atoms. The molecule has 0 saturated carbocycles. The summed E-state index contributed by atoms with van der Waals surface area (Å²) < 4.78 is 4.72. The Morgan fingerprint density at radius 3 is 2.10 bits per heavy atom. The lowest BCUT2D eigenvalue weighted by atomic mass is 9.87. The van der Waals surface area contributed by atoms with Crippen molar-refractivity contribution in [2.45, 2.75) is 5.60 Å². The van der Waals surface area contributed by atoms with Gasteiger partial charge in [0.25, 0.3) is 10.7 Å². The van der Waals surface area contributed by atoms with Crippen LogP contribution in [0.5, 0.6) is 0 Å². The van der Waals surface area contributed by atoms with Gasteiger partial charge in [-0.3, -0.25) is 9.59 Å². The van der Waals surface area contributed by atoms with Crippen LogP contribution in [0.1, 0.15) is 15.9 Å². The molecule has 2 aromatic carbocycles. The van der Waals surface area contributed by atoms with E-state index < -0.39 is 16.5 Å². The fourth-order valence-corrected chi connectivity index (χ4v) is 2.64. The Labute approximate surface area is 119 Å². The van der Waals surface area contributed by atoms with Crippen LogP contribution >= 0.6 is 12.0 Å². The van der Waals surface area contributed by atoms with Gasteiger partial charge in [0, 0.05) is 11.1 Å². The van der Waals surface area contributed by atoms with Gasteiger partial charge in [0.15, 0.2) is 0 Å². The van der Waals surface area contributed by atoms with E-state index in [1.807, 2.05) is 0 Å². The Bertz CT molecular complexity index is 641. The minimum atomic E-state index is -1.73. The van der Waals surface area contributed by atoms with Crippen molar-refractivity contribution < 1.29 is 18.8 Å². The molecular formula is C15H10O4S. The molecule has 1 aliphatic rings. The van der Waals surface area contributed by atoms with Gasteiger partial charge in [-0.1, -0.05) is 60.7 Å². The molecule has 5 heteroatoms. The molecule has 4 nitrogen and oxygen atoms in total. The van der Waals surface area contributed by atoms with Gasteiger partial charge in [-0.05, 0) is 0 Å². The van der Waals surface area contributed by atoms with Crippen LogP contribution in [0.15, 0.2) is 60.7 Å². The summed E-state index contributed by atoms with van der Waals surface area (Å²) in [5.41, 5.74) is -0.868. The molecule has 3 rings (SSSR count). The first-order chi connectivity index (χ1) is 9.75. The predicted molar refractivity (Wildman–Crippen MR) is 73.7 cm³/mol. The van der Waals surface area contributed by atoms with Gasteiger partial charge in [-0.15, -0.1) is 0 Å². The van der Waals surface area contributed by atoms with E-state index in [9.17, 15) is 9.59 Å². The molecule has 1 fully saturated rings. The number of rotatable bonds is 3. The monoisotopic (exact) mass is 286 g/mol. The van der Waals surface area contributed by atoms with Gasteiger partial charge in [-0.2, -0.15) is 9.22 Å². The third kappa shape index (κ3) is 1.96. The maximum atomic E-state index is 12.7. The second kappa shape index (κ2) is 5.20. The molecule has 0 aliphatic carbocycles. The van der Waals surface area contributed by atoms with E-state index in [0.29, 0.717) is 23.2 Å². The van der Waals surface area contributed by atoms with Gasteiger partial charge in [-0.25, -0.2) is 0 Å². The first kappa shape index (κ1) is 13.1. The third-order valence-electron chi connectivity index (χ3n) is 3.09. The standard InChI is InChI=1S/C15H10O4S/c16-13(11-7-3-1-4-8-11)15(14(17)20-19-18-15)12-9-5-2-6-10-12/h1-10H. The summed E-state index contributed by atoms with van der Waals surface area (Å²) in [6, 6.07) is 17.2. The van der Waals surface area contributed by atoms with Crippen LogP contribution in [0.25, 0.3) is 0 Å². The minimum absolute atomic E-state index is 0.399. The molecule has 0 aromatic heterocycles. The van der Waals surface area contributed by atoms with Crippen molar-refractivity contribution in [1.82, 2.24) is 0 Å². The average Bonchev–Trinajstić information content (AvgIpc) is 2.91. The summed E-state index contributed by atoms with van der Waals surface area (Å²) in [4.78, 5) is 30.1. The van der Waals surface area contributed by atoms with E-state index >= 15 is 0 Å². The molecule has 1 heterocycles.